The number of halogens is 3. The molecule has 17 heavy (non-hydrogen) atoms. The summed E-state index contributed by atoms with van der Waals surface area (Å²) in [5, 5.41) is 10.0. The average Bonchev–Trinajstić information content (AvgIpc) is 2.63. The molecule has 0 fully saturated rings. The zero-order valence-electron chi connectivity index (χ0n) is 8.66. The molecule has 0 bridgehead atoms. The van der Waals surface area contributed by atoms with E-state index in [1.807, 2.05) is 6.07 Å². The Hall–Kier alpha value is -0.230. The molecule has 1 aromatic carbocycles. The van der Waals surface area contributed by atoms with Crippen molar-refractivity contribution < 1.29 is 9.50 Å². The molecule has 0 radical (unpaired) electrons. The summed E-state index contributed by atoms with van der Waals surface area (Å²) in [5.41, 5.74) is 0.528. The van der Waals surface area contributed by atoms with Gasteiger partial charge in [0.15, 0.2) is 0 Å². The number of aliphatic hydroxyl groups excluding tert-OH is 1. The van der Waals surface area contributed by atoms with E-state index in [1.165, 1.54) is 17.4 Å². The minimum absolute atomic E-state index is 0.277. The molecular formula is C12H9Br2FOS. The van der Waals surface area contributed by atoms with Crippen LogP contribution in [0.4, 0.5) is 4.39 Å². The van der Waals surface area contributed by atoms with Crippen molar-refractivity contribution >= 4 is 43.2 Å². The second-order valence-corrected chi connectivity index (χ2v) is 6.84. The molecule has 1 heterocycles. The molecule has 0 saturated carbocycles. The smallest absolute Gasteiger partial charge is 0.126 e. The van der Waals surface area contributed by atoms with E-state index in [1.54, 1.807) is 18.2 Å². The lowest BCUT2D eigenvalue weighted by Gasteiger charge is -2.08. The first kappa shape index (κ1) is 13.2. The molecule has 5 heteroatoms. The second kappa shape index (κ2) is 5.61. The van der Waals surface area contributed by atoms with Crippen LogP contribution in [-0.2, 0) is 6.42 Å². The van der Waals surface area contributed by atoms with Crippen molar-refractivity contribution in [2.24, 2.45) is 0 Å². The molecule has 90 valence electrons. The van der Waals surface area contributed by atoms with Gasteiger partial charge in [-0.2, -0.15) is 0 Å². The van der Waals surface area contributed by atoms with Crippen LogP contribution in [0.5, 0.6) is 0 Å². The van der Waals surface area contributed by atoms with E-state index < -0.39 is 6.10 Å². The van der Waals surface area contributed by atoms with Crippen molar-refractivity contribution in [1.29, 1.82) is 0 Å². The van der Waals surface area contributed by atoms with Gasteiger partial charge in [-0.3, -0.25) is 0 Å². The fourth-order valence-electron chi connectivity index (χ4n) is 1.50. The number of rotatable bonds is 3. The fourth-order valence-corrected chi connectivity index (χ4v) is 3.58. The van der Waals surface area contributed by atoms with E-state index in [-0.39, 0.29) is 12.2 Å². The Morgan fingerprint density at radius 3 is 2.59 bits per heavy atom. The highest BCUT2D eigenvalue weighted by molar-refractivity contribution is 9.13. The summed E-state index contributed by atoms with van der Waals surface area (Å²) in [7, 11) is 0. The summed E-state index contributed by atoms with van der Waals surface area (Å²) in [6.07, 6.45) is -0.397. The Labute approximate surface area is 120 Å². The third-order valence-electron chi connectivity index (χ3n) is 2.36. The van der Waals surface area contributed by atoms with Crippen LogP contribution in [-0.4, -0.2) is 5.11 Å². The van der Waals surface area contributed by atoms with Crippen LogP contribution < -0.4 is 0 Å². The quantitative estimate of drug-likeness (QED) is 0.820. The molecular weight excluding hydrogens is 371 g/mol. The number of hydrogen-bond donors (Lipinski definition) is 1. The van der Waals surface area contributed by atoms with Gasteiger partial charge >= 0.3 is 0 Å². The van der Waals surface area contributed by atoms with Crippen molar-refractivity contribution in [3.63, 3.8) is 0 Å². The Morgan fingerprint density at radius 1 is 1.29 bits per heavy atom. The van der Waals surface area contributed by atoms with Gasteiger partial charge in [0.2, 0.25) is 0 Å². The maximum absolute atomic E-state index is 13.4. The first-order valence-corrected chi connectivity index (χ1v) is 7.34. The summed E-state index contributed by atoms with van der Waals surface area (Å²) < 4.78 is 15.3. The van der Waals surface area contributed by atoms with Crippen molar-refractivity contribution in [3.8, 4) is 0 Å². The zero-order valence-corrected chi connectivity index (χ0v) is 12.6. The van der Waals surface area contributed by atoms with Gasteiger partial charge in [0, 0.05) is 15.8 Å². The molecule has 2 rings (SSSR count). The van der Waals surface area contributed by atoms with Crippen LogP contribution in [0.3, 0.4) is 0 Å². The second-order valence-electron chi connectivity index (χ2n) is 3.58. The third-order valence-corrected chi connectivity index (χ3v) is 5.72. The Kier molecular flexibility index (Phi) is 4.36. The fraction of sp³-hybridized carbons (Fsp3) is 0.167. The van der Waals surface area contributed by atoms with E-state index in [0.29, 0.717) is 5.56 Å². The van der Waals surface area contributed by atoms with Crippen LogP contribution in [0.15, 0.2) is 38.6 Å². The average molecular weight is 380 g/mol. The SMILES string of the molecule is OC(Cc1ccccc1F)c1cc(Br)c(Br)s1. The maximum Gasteiger partial charge on any atom is 0.126 e. The molecule has 0 spiro atoms. The van der Waals surface area contributed by atoms with Crippen molar-refractivity contribution in [1.82, 2.24) is 0 Å². The van der Waals surface area contributed by atoms with E-state index in [2.05, 4.69) is 31.9 Å². The van der Waals surface area contributed by atoms with Crippen LogP contribution in [0, 0.1) is 5.82 Å². The Morgan fingerprint density at radius 2 is 2.00 bits per heavy atom. The molecule has 1 nitrogen and oxygen atoms in total. The highest BCUT2D eigenvalue weighted by atomic mass is 79.9. The first-order chi connectivity index (χ1) is 8.08. The maximum atomic E-state index is 13.4. The molecule has 1 N–H and O–H groups in total. The zero-order chi connectivity index (χ0) is 12.4. The normalized spacial score (nSPS) is 12.7. The Bertz CT molecular complexity index is 507. The van der Waals surface area contributed by atoms with Crippen molar-refractivity contribution in [2.45, 2.75) is 12.5 Å². The highest BCUT2D eigenvalue weighted by Gasteiger charge is 2.15. The van der Waals surface area contributed by atoms with Gasteiger partial charge < -0.3 is 5.11 Å². The van der Waals surface area contributed by atoms with Gasteiger partial charge in [-0.05, 0) is 49.6 Å². The molecule has 0 aliphatic carbocycles. The lowest BCUT2D eigenvalue weighted by molar-refractivity contribution is 0.181. The minimum Gasteiger partial charge on any atom is -0.387 e. The summed E-state index contributed by atoms with van der Waals surface area (Å²) in [5.74, 6) is -0.277. The van der Waals surface area contributed by atoms with E-state index in [9.17, 15) is 9.50 Å². The lowest BCUT2D eigenvalue weighted by atomic mass is 10.1. The van der Waals surface area contributed by atoms with Crippen LogP contribution in [0.25, 0.3) is 0 Å². The van der Waals surface area contributed by atoms with E-state index >= 15 is 0 Å². The molecule has 0 saturated heterocycles. The van der Waals surface area contributed by atoms with Gasteiger partial charge in [0.05, 0.1) is 9.89 Å². The third kappa shape index (κ3) is 3.16. The predicted octanol–water partition coefficient (Wildman–Crippen LogP) is 4.69. The van der Waals surface area contributed by atoms with E-state index in [0.717, 1.165) is 13.1 Å². The molecule has 1 unspecified atom stereocenters. The molecule has 2 aromatic rings. The van der Waals surface area contributed by atoms with Gasteiger partial charge in [0.1, 0.15) is 5.82 Å². The molecule has 1 aromatic heterocycles. The first-order valence-electron chi connectivity index (χ1n) is 4.94. The number of benzene rings is 1. The largest absolute Gasteiger partial charge is 0.387 e. The van der Waals surface area contributed by atoms with Gasteiger partial charge in [-0.1, -0.05) is 18.2 Å². The monoisotopic (exact) mass is 378 g/mol. The lowest BCUT2D eigenvalue weighted by Crippen LogP contribution is -2.01. The summed E-state index contributed by atoms with van der Waals surface area (Å²) >= 11 is 8.18. The Balaban J connectivity index is 2.17. The summed E-state index contributed by atoms with van der Waals surface area (Å²) in [6, 6.07) is 8.35. The van der Waals surface area contributed by atoms with Gasteiger partial charge in [-0.15, -0.1) is 11.3 Å². The topological polar surface area (TPSA) is 20.2 Å². The summed E-state index contributed by atoms with van der Waals surface area (Å²) in [6.45, 7) is 0. The van der Waals surface area contributed by atoms with Crippen LogP contribution in [0.1, 0.15) is 16.5 Å². The highest BCUT2D eigenvalue weighted by Crippen LogP contribution is 2.36. The number of aliphatic hydroxyl groups is 1. The molecule has 0 amide bonds. The van der Waals surface area contributed by atoms with Crippen LogP contribution in [0.2, 0.25) is 0 Å². The van der Waals surface area contributed by atoms with Gasteiger partial charge in [0.25, 0.3) is 0 Å². The predicted molar refractivity (Wildman–Crippen MR) is 74.8 cm³/mol. The molecule has 0 aliphatic heterocycles. The molecule has 1 atom stereocenters. The number of thiophene rings is 1. The molecule has 0 aliphatic rings. The number of hydrogen-bond acceptors (Lipinski definition) is 2. The summed E-state index contributed by atoms with van der Waals surface area (Å²) in [4.78, 5) is 0.812. The van der Waals surface area contributed by atoms with E-state index in [4.69, 9.17) is 0 Å². The van der Waals surface area contributed by atoms with Crippen molar-refractivity contribution in [2.75, 3.05) is 0 Å². The van der Waals surface area contributed by atoms with Gasteiger partial charge in [-0.25, -0.2) is 4.39 Å². The minimum atomic E-state index is -0.681. The van der Waals surface area contributed by atoms with Crippen LogP contribution >= 0.6 is 43.2 Å². The standard InChI is InChI=1S/C12H9Br2FOS/c13-8-6-11(17-12(8)14)10(16)5-7-3-1-2-4-9(7)15/h1-4,6,10,16H,5H2. The van der Waals surface area contributed by atoms with Crippen molar-refractivity contribution in [3.05, 3.63) is 54.8 Å².